The summed E-state index contributed by atoms with van der Waals surface area (Å²) in [6.45, 7) is 9.20. The summed E-state index contributed by atoms with van der Waals surface area (Å²) in [6, 6.07) is 19.4. The molecule has 2 saturated heterocycles. The normalized spacial score (nSPS) is 17.9. The first kappa shape index (κ1) is 16.9. The molecule has 0 amide bonds. The van der Waals surface area contributed by atoms with Crippen LogP contribution in [0.2, 0.25) is 0 Å². The molecule has 2 aromatic carbocycles. The van der Waals surface area contributed by atoms with Gasteiger partial charge in [-0.1, -0.05) is 48.8 Å². The Hall–Kier alpha value is -2.50. The molecule has 0 aromatic heterocycles. The summed E-state index contributed by atoms with van der Waals surface area (Å²) in [7, 11) is 0. The van der Waals surface area contributed by atoms with E-state index in [4.69, 9.17) is 0 Å². The van der Waals surface area contributed by atoms with Gasteiger partial charge in [-0.05, 0) is 62.2 Å². The molecule has 0 spiro atoms. The van der Waals surface area contributed by atoms with E-state index < -0.39 is 0 Å². The smallest absolute Gasteiger partial charge is 0.0366 e. The highest BCUT2D eigenvalue weighted by Gasteiger charge is 2.28. The van der Waals surface area contributed by atoms with Crippen LogP contribution in [0.5, 0.6) is 0 Å². The molecule has 0 unspecified atom stereocenters. The van der Waals surface area contributed by atoms with Crippen molar-refractivity contribution in [2.24, 2.45) is 0 Å². The van der Waals surface area contributed by atoms with E-state index in [0.717, 1.165) is 36.0 Å². The molecule has 0 atom stereocenters. The van der Waals surface area contributed by atoms with Crippen LogP contribution in [-0.4, -0.2) is 42.0 Å². The third-order valence-corrected chi connectivity index (χ3v) is 5.60. The molecule has 2 aliphatic heterocycles. The highest BCUT2D eigenvalue weighted by molar-refractivity contribution is 5.63. The van der Waals surface area contributed by atoms with Crippen molar-refractivity contribution < 1.29 is 0 Å². The van der Waals surface area contributed by atoms with Gasteiger partial charge in [0.25, 0.3) is 0 Å². The van der Waals surface area contributed by atoms with Gasteiger partial charge in [-0.15, -0.1) is 0 Å². The number of benzene rings is 2. The molecule has 2 fully saturated rings. The van der Waals surface area contributed by atoms with Gasteiger partial charge >= 0.3 is 0 Å². The van der Waals surface area contributed by atoms with E-state index in [1.165, 1.54) is 37.9 Å². The quantitative estimate of drug-likeness (QED) is 0.770. The van der Waals surface area contributed by atoms with E-state index in [9.17, 15) is 0 Å². The minimum Gasteiger partial charge on any atom is -0.371 e. The highest BCUT2D eigenvalue weighted by atomic mass is 15.2. The Morgan fingerprint density at radius 1 is 0.808 bits per heavy atom. The number of likely N-dealkylation sites (tertiary alicyclic amines) is 2. The van der Waals surface area contributed by atoms with Crippen LogP contribution in [0.15, 0.2) is 61.2 Å². The van der Waals surface area contributed by atoms with Crippen molar-refractivity contribution in [3.05, 3.63) is 77.9 Å². The third-order valence-electron chi connectivity index (χ3n) is 5.60. The zero-order valence-corrected chi connectivity index (χ0v) is 15.3. The minimum absolute atomic E-state index is 0.795. The van der Waals surface area contributed by atoms with Crippen molar-refractivity contribution in [1.82, 2.24) is 9.80 Å². The topological polar surface area (TPSA) is 6.48 Å². The van der Waals surface area contributed by atoms with Crippen LogP contribution >= 0.6 is 0 Å². The van der Waals surface area contributed by atoms with Gasteiger partial charge in [-0.2, -0.15) is 0 Å². The molecule has 26 heavy (non-hydrogen) atoms. The first-order valence-corrected chi connectivity index (χ1v) is 9.65. The Kier molecular flexibility index (Phi) is 5.09. The van der Waals surface area contributed by atoms with Crippen LogP contribution in [0.3, 0.4) is 0 Å². The molecule has 2 aromatic rings. The summed E-state index contributed by atoms with van der Waals surface area (Å²) < 4.78 is 0. The fraction of sp³-hybridized carbons (Fsp3) is 0.333. The Morgan fingerprint density at radius 3 is 2.00 bits per heavy atom. The average Bonchev–Trinajstić information content (AvgIpc) is 2.66. The van der Waals surface area contributed by atoms with E-state index in [1.54, 1.807) is 0 Å². The van der Waals surface area contributed by atoms with Crippen LogP contribution in [0.4, 0.5) is 0 Å². The summed E-state index contributed by atoms with van der Waals surface area (Å²) in [6.07, 6.45) is 3.91. The van der Waals surface area contributed by atoms with Crippen molar-refractivity contribution in [2.45, 2.75) is 25.3 Å². The summed E-state index contributed by atoms with van der Waals surface area (Å²) in [5.41, 5.74) is 4.44. The highest BCUT2D eigenvalue weighted by Crippen LogP contribution is 2.26. The number of nitrogens with zero attached hydrogens (tertiary/aromatic N) is 2. The van der Waals surface area contributed by atoms with Crippen molar-refractivity contribution >= 4 is 5.70 Å². The van der Waals surface area contributed by atoms with Gasteiger partial charge in [0.1, 0.15) is 0 Å². The molecule has 0 bridgehead atoms. The Bertz CT molecular complexity index is 799. The first-order valence-electron chi connectivity index (χ1n) is 9.65. The lowest BCUT2D eigenvalue weighted by Gasteiger charge is -2.44. The third kappa shape index (κ3) is 3.84. The molecule has 2 nitrogen and oxygen atoms in total. The van der Waals surface area contributed by atoms with Crippen molar-refractivity contribution in [3.63, 3.8) is 0 Å². The Morgan fingerprint density at radius 2 is 1.42 bits per heavy atom. The zero-order valence-electron chi connectivity index (χ0n) is 15.3. The predicted molar refractivity (Wildman–Crippen MR) is 109 cm³/mol. The maximum absolute atomic E-state index is 4.35. The second kappa shape index (κ2) is 7.81. The van der Waals surface area contributed by atoms with Crippen molar-refractivity contribution in [3.8, 4) is 11.8 Å². The minimum atomic E-state index is 0.795. The van der Waals surface area contributed by atoms with Gasteiger partial charge in [-0.25, -0.2) is 0 Å². The Balaban J connectivity index is 1.36. The van der Waals surface area contributed by atoms with E-state index in [2.05, 4.69) is 52.5 Å². The number of hydrogen-bond donors (Lipinski definition) is 0. The monoisotopic (exact) mass is 342 g/mol. The molecule has 0 N–H and O–H groups in total. The fourth-order valence-corrected chi connectivity index (χ4v) is 3.80. The molecule has 2 aliphatic rings. The molecule has 4 rings (SSSR count). The molecule has 2 heterocycles. The maximum atomic E-state index is 4.35. The molecule has 2 heteroatoms. The summed E-state index contributed by atoms with van der Waals surface area (Å²) in [5, 5.41) is 0. The largest absolute Gasteiger partial charge is 0.371 e. The molecule has 0 saturated carbocycles. The van der Waals surface area contributed by atoms with E-state index in [0.29, 0.717) is 0 Å². The van der Waals surface area contributed by atoms with Crippen LogP contribution in [-0.2, 0) is 0 Å². The van der Waals surface area contributed by atoms with E-state index in [-0.39, 0.29) is 0 Å². The summed E-state index contributed by atoms with van der Waals surface area (Å²) >= 11 is 0. The molecular formula is C24H26N2. The number of rotatable bonds is 3. The van der Waals surface area contributed by atoms with E-state index in [1.807, 2.05) is 30.3 Å². The lowest BCUT2D eigenvalue weighted by Crippen LogP contribution is -2.49. The van der Waals surface area contributed by atoms with Crippen LogP contribution < -0.4 is 0 Å². The second-order valence-corrected chi connectivity index (χ2v) is 7.25. The van der Waals surface area contributed by atoms with Crippen LogP contribution in [0.1, 0.15) is 36.0 Å². The lowest BCUT2D eigenvalue weighted by atomic mass is 9.98. The molecule has 0 aliphatic carbocycles. The van der Waals surface area contributed by atoms with Gasteiger partial charge in [-0.3, -0.25) is 0 Å². The van der Waals surface area contributed by atoms with Gasteiger partial charge < -0.3 is 9.80 Å². The number of piperidine rings is 1. The Labute approximate surface area is 157 Å². The first-order chi connectivity index (χ1) is 12.8. The molecular weight excluding hydrogens is 316 g/mol. The fourth-order valence-electron chi connectivity index (χ4n) is 3.80. The predicted octanol–water partition coefficient (Wildman–Crippen LogP) is 4.23. The van der Waals surface area contributed by atoms with Crippen LogP contribution in [0, 0.1) is 11.8 Å². The summed E-state index contributed by atoms with van der Waals surface area (Å²) in [5.74, 6) is 6.45. The van der Waals surface area contributed by atoms with Crippen molar-refractivity contribution in [2.75, 3.05) is 26.2 Å². The SMILES string of the molecule is C=C(c1ccc(C#Cc2ccccc2)cc1)N1CCC(N2CCC2)CC1. The van der Waals surface area contributed by atoms with E-state index >= 15 is 0 Å². The molecule has 0 radical (unpaired) electrons. The lowest BCUT2D eigenvalue weighted by molar-refractivity contribution is 0.0777. The van der Waals surface area contributed by atoms with Gasteiger partial charge in [0, 0.05) is 36.0 Å². The van der Waals surface area contributed by atoms with Gasteiger partial charge in [0.15, 0.2) is 0 Å². The standard InChI is InChI=1S/C24H26N2/c1-20(25-18-14-24(15-19-25)26-16-5-17-26)23-12-10-22(11-13-23)9-8-21-6-3-2-4-7-21/h2-4,6-7,10-13,24H,1,5,14-19H2. The average molecular weight is 342 g/mol. The van der Waals surface area contributed by atoms with Crippen LogP contribution in [0.25, 0.3) is 5.70 Å². The van der Waals surface area contributed by atoms with Gasteiger partial charge in [0.05, 0.1) is 0 Å². The molecule has 132 valence electrons. The summed E-state index contributed by atoms with van der Waals surface area (Å²) in [4.78, 5) is 5.08. The van der Waals surface area contributed by atoms with Gasteiger partial charge in [0.2, 0.25) is 0 Å². The second-order valence-electron chi connectivity index (χ2n) is 7.25. The number of hydrogen-bond acceptors (Lipinski definition) is 2. The van der Waals surface area contributed by atoms with Crippen molar-refractivity contribution in [1.29, 1.82) is 0 Å². The maximum Gasteiger partial charge on any atom is 0.0366 e. The zero-order chi connectivity index (χ0) is 17.8.